The van der Waals surface area contributed by atoms with Gasteiger partial charge in [0.25, 0.3) is 0 Å². The number of carbonyl (C=O) groups is 3. The minimum absolute atomic E-state index is 0.124. The van der Waals surface area contributed by atoms with E-state index in [0.29, 0.717) is 6.54 Å². The zero-order chi connectivity index (χ0) is 16.4. The molecule has 0 atom stereocenters. The Morgan fingerprint density at radius 3 is 2.70 bits per heavy atom. The minimum atomic E-state index is -0.512. The number of rotatable bonds is 4. The molecule has 2 fully saturated rings. The Morgan fingerprint density at radius 2 is 2.04 bits per heavy atom. The van der Waals surface area contributed by atoms with Crippen LogP contribution in [0.25, 0.3) is 0 Å². The summed E-state index contributed by atoms with van der Waals surface area (Å²) in [4.78, 5) is 41.2. The van der Waals surface area contributed by atoms with Crippen molar-refractivity contribution in [3.8, 4) is 0 Å². The van der Waals surface area contributed by atoms with Gasteiger partial charge in [-0.15, -0.1) is 11.3 Å². The molecule has 1 saturated heterocycles. The highest BCUT2D eigenvalue weighted by atomic mass is 32.1. The van der Waals surface area contributed by atoms with Crippen LogP contribution < -0.4 is 0 Å². The van der Waals surface area contributed by atoms with Crippen LogP contribution in [0.2, 0.25) is 0 Å². The van der Waals surface area contributed by atoms with E-state index in [0.717, 1.165) is 37.0 Å². The Kier molecular flexibility index (Phi) is 4.53. The van der Waals surface area contributed by atoms with Crippen molar-refractivity contribution in [1.29, 1.82) is 0 Å². The maximum Gasteiger partial charge on any atom is 0.242 e. The van der Waals surface area contributed by atoms with Gasteiger partial charge in [-0.05, 0) is 24.3 Å². The Morgan fingerprint density at radius 1 is 1.30 bits per heavy atom. The third-order valence-corrected chi connectivity index (χ3v) is 5.85. The van der Waals surface area contributed by atoms with Gasteiger partial charge in [0.1, 0.15) is 6.54 Å². The zero-order valence-corrected chi connectivity index (χ0v) is 14.2. The summed E-state index contributed by atoms with van der Waals surface area (Å²) in [5.41, 5.74) is -0.512. The van der Waals surface area contributed by atoms with E-state index in [1.54, 1.807) is 23.3 Å². The van der Waals surface area contributed by atoms with Crippen LogP contribution in [0.1, 0.15) is 43.4 Å². The number of hydrogen-bond acceptors (Lipinski definition) is 4. The van der Waals surface area contributed by atoms with Gasteiger partial charge in [0.15, 0.2) is 0 Å². The first-order valence-corrected chi connectivity index (χ1v) is 9.01. The van der Waals surface area contributed by atoms with E-state index in [-0.39, 0.29) is 30.7 Å². The smallest absolute Gasteiger partial charge is 0.242 e. The van der Waals surface area contributed by atoms with Crippen LogP contribution in [0.3, 0.4) is 0 Å². The predicted octanol–water partition coefficient (Wildman–Crippen LogP) is 2.42. The summed E-state index contributed by atoms with van der Waals surface area (Å²) in [7, 11) is 1.71. The zero-order valence-electron chi connectivity index (χ0n) is 13.4. The summed E-state index contributed by atoms with van der Waals surface area (Å²) in [6, 6.07) is 3.91. The fourth-order valence-corrected chi connectivity index (χ4v) is 4.38. The highest BCUT2D eigenvalue weighted by Gasteiger charge is 2.51. The van der Waals surface area contributed by atoms with Gasteiger partial charge in [-0.25, -0.2) is 0 Å². The molecule has 2 aliphatic rings. The lowest BCUT2D eigenvalue weighted by Crippen LogP contribution is -2.43. The second-order valence-corrected chi connectivity index (χ2v) is 7.66. The summed E-state index contributed by atoms with van der Waals surface area (Å²) >= 11 is 1.59. The standard InChI is InChI=1S/C17H22N2O3S/c1-18(11-13-6-5-9-23-13)15(21)12-19-14(20)10-17(16(19)22)7-3-2-4-8-17/h5-6,9H,2-4,7-8,10-12H2,1H3. The molecule has 0 bridgehead atoms. The van der Waals surface area contributed by atoms with Gasteiger partial charge < -0.3 is 4.90 Å². The molecule has 0 N–H and O–H groups in total. The number of amides is 3. The molecule has 1 aliphatic carbocycles. The third kappa shape index (κ3) is 3.17. The number of likely N-dealkylation sites (N-methyl/N-ethyl adjacent to an activating group) is 1. The van der Waals surface area contributed by atoms with Crippen molar-refractivity contribution in [2.24, 2.45) is 5.41 Å². The van der Waals surface area contributed by atoms with Crippen molar-refractivity contribution in [3.05, 3.63) is 22.4 Å². The maximum absolute atomic E-state index is 12.7. The lowest BCUT2D eigenvalue weighted by molar-refractivity contribution is -0.147. The van der Waals surface area contributed by atoms with E-state index in [1.807, 2.05) is 17.5 Å². The average molecular weight is 334 g/mol. The molecule has 1 spiro atoms. The van der Waals surface area contributed by atoms with Gasteiger partial charge in [-0.2, -0.15) is 0 Å². The molecule has 3 rings (SSSR count). The molecule has 0 unspecified atom stereocenters. The normalized spacial score (nSPS) is 20.3. The van der Waals surface area contributed by atoms with Crippen LogP contribution in [0, 0.1) is 5.41 Å². The average Bonchev–Trinajstić information content (AvgIpc) is 3.11. The van der Waals surface area contributed by atoms with E-state index in [1.165, 1.54) is 4.90 Å². The molecule has 0 radical (unpaired) electrons. The number of nitrogens with zero attached hydrogens (tertiary/aromatic N) is 2. The van der Waals surface area contributed by atoms with Crippen LogP contribution >= 0.6 is 11.3 Å². The highest BCUT2D eigenvalue weighted by Crippen LogP contribution is 2.45. The summed E-state index contributed by atoms with van der Waals surface area (Å²) in [5.74, 6) is -0.497. The van der Waals surface area contributed by atoms with Crippen molar-refractivity contribution in [2.75, 3.05) is 13.6 Å². The van der Waals surface area contributed by atoms with Gasteiger partial charge >= 0.3 is 0 Å². The van der Waals surface area contributed by atoms with E-state index < -0.39 is 5.41 Å². The van der Waals surface area contributed by atoms with Gasteiger partial charge in [-0.3, -0.25) is 19.3 Å². The largest absolute Gasteiger partial charge is 0.339 e. The van der Waals surface area contributed by atoms with Gasteiger partial charge in [-0.1, -0.05) is 25.3 Å². The second kappa shape index (κ2) is 6.43. The van der Waals surface area contributed by atoms with Crippen molar-refractivity contribution in [3.63, 3.8) is 0 Å². The van der Waals surface area contributed by atoms with E-state index in [2.05, 4.69) is 0 Å². The summed E-state index contributed by atoms with van der Waals surface area (Å²) in [5, 5.41) is 1.97. The molecule has 3 amide bonds. The maximum atomic E-state index is 12.7. The molecule has 1 saturated carbocycles. The molecular formula is C17H22N2O3S. The van der Waals surface area contributed by atoms with Crippen molar-refractivity contribution in [1.82, 2.24) is 9.80 Å². The molecule has 1 aliphatic heterocycles. The van der Waals surface area contributed by atoms with Crippen LogP contribution in [0.5, 0.6) is 0 Å². The monoisotopic (exact) mass is 334 g/mol. The number of thiophene rings is 1. The lowest BCUT2D eigenvalue weighted by Gasteiger charge is -2.30. The van der Waals surface area contributed by atoms with Crippen LogP contribution in [-0.2, 0) is 20.9 Å². The Labute approximate surface area is 140 Å². The molecule has 6 heteroatoms. The molecule has 0 aromatic carbocycles. The summed E-state index contributed by atoms with van der Waals surface area (Å²) in [6.45, 7) is 0.388. The lowest BCUT2D eigenvalue weighted by atomic mass is 9.73. The van der Waals surface area contributed by atoms with Gasteiger partial charge in [0.2, 0.25) is 17.7 Å². The fraction of sp³-hybridized carbons (Fsp3) is 0.588. The minimum Gasteiger partial charge on any atom is -0.339 e. The first-order valence-electron chi connectivity index (χ1n) is 8.13. The molecule has 5 nitrogen and oxygen atoms in total. The SMILES string of the molecule is CN(Cc1cccs1)C(=O)CN1C(=O)CC2(CCCCC2)C1=O. The van der Waals surface area contributed by atoms with E-state index in [4.69, 9.17) is 0 Å². The molecule has 1 aromatic rings. The van der Waals surface area contributed by atoms with E-state index >= 15 is 0 Å². The molecular weight excluding hydrogens is 312 g/mol. The molecule has 2 heterocycles. The van der Waals surface area contributed by atoms with Gasteiger partial charge in [0.05, 0.1) is 12.0 Å². The van der Waals surface area contributed by atoms with Crippen molar-refractivity contribution in [2.45, 2.75) is 45.1 Å². The number of hydrogen-bond donors (Lipinski definition) is 0. The number of imide groups is 1. The Bertz CT molecular complexity index is 605. The quantitative estimate of drug-likeness (QED) is 0.795. The van der Waals surface area contributed by atoms with Gasteiger partial charge in [0, 0.05) is 18.3 Å². The summed E-state index contributed by atoms with van der Waals surface area (Å²) < 4.78 is 0. The number of carbonyl (C=O) groups excluding carboxylic acids is 3. The summed E-state index contributed by atoms with van der Waals surface area (Å²) in [6.07, 6.45) is 4.98. The highest BCUT2D eigenvalue weighted by molar-refractivity contribution is 7.09. The fourth-order valence-electron chi connectivity index (χ4n) is 3.62. The molecule has 124 valence electrons. The number of likely N-dealkylation sites (tertiary alicyclic amines) is 1. The van der Waals surface area contributed by atoms with Crippen LogP contribution in [0.4, 0.5) is 0 Å². The molecule has 23 heavy (non-hydrogen) atoms. The van der Waals surface area contributed by atoms with Crippen molar-refractivity contribution < 1.29 is 14.4 Å². The predicted molar refractivity (Wildman–Crippen MR) is 87.6 cm³/mol. The van der Waals surface area contributed by atoms with Crippen molar-refractivity contribution >= 4 is 29.1 Å². The second-order valence-electron chi connectivity index (χ2n) is 6.63. The topological polar surface area (TPSA) is 57.7 Å². The Balaban J connectivity index is 1.63. The first-order chi connectivity index (χ1) is 11.0. The van der Waals surface area contributed by atoms with Crippen LogP contribution in [-0.4, -0.2) is 41.1 Å². The third-order valence-electron chi connectivity index (χ3n) is 4.99. The Hall–Kier alpha value is -1.69. The first kappa shape index (κ1) is 16.2. The molecule has 1 aromatic heterocycles. The van der Waals surface area contributed by atoms with Crippen LogP contribution in [0.15, 0.2) is 17.5 Å². The van der Waals surface area contributed by atoms with E-state index in [9.17, 15) is 14.4 Å².